The van der Waals surface area contributed by atoms with Crippen molar-refractivity contribution in [3.8, 4) is 0 Å². The van der Waals surface area contributed by atoms with Gasteiger partial charge in [-0.25, -0.2) is 9.59 Å². The number of hydrogen-bond donors (Lipinski definition) is 3. The lowest BCUT2D eigenvalue weighted by atomic mass is 9.88. The smallest absolute Gasteiger partial charge is 0.331 e. The van der Waals surface area contributed by atoms with E-state index in [1.807, 2.05) is 0 Å². The van der Waals surface area contributed by atoms with E-state index in [4.69, 9.17) is 20.1 Å². The fourth-order valence-corrected chi connectivity index (χ4v) is 0.879. The molecule has 0 aromatic rings. The molecular weight excluding hydrogens is 216 g/mol. The number of carboxylic acid groups (broad SMARTS) is 1. The summed E-state index contributed by atoms with van der Waals surface area (Å²) in [6.45, 7) is 0.971. The summed E-state index contributed by atoms with van der Waals surface area (Å²) in [6, 6.07) is 0. The molecule has 3 N–H and O–H groups in total. The maximum absolute atomic E-state index is 11.0. The van der Waals surface area contributed by atoms with Gasteiger partial charge in [0.1, 0.15) is 6.61 Å². The minimum atomic E-state index is -1.25. The van der Waals surface area contributed by atoms with Crippen LogP contribution in [0.15, 0.2) is 12.2 Å². The number of aliphatic hydroxyl groups is 2. The maximum Gasteiger partial charge on any atom is 0.331 e. The molecule has 0 spiro atoms. The van der Waals surface area contributed by atoms with E-state index in [2.05, 4.69) is 0 Å². The average molecular weight is 232 g/mol. The monoisotopic (exact) mass is 232 g/mol. The Balaban J connectivity index is 4.21. The predicted molar refractivity (Wildman–Crippen MR) is 54.6 cm³/mol. The van der Waals surface area contributed by atoms with E-state index in [9.17, 15) is 9.59 Å². The van der Waals surface area contributed by atoms with Gasteiger partial charge in [0, 0.05) is 12.2 Å². The van der Waals surface area contributed by atoms with Crippen LogP contribution in [-0.2, 0) is 14.3 Å². The number of carbonyl (C=O) groups excluding carboxylic acids is 1. The van der Waals surface area contributed by atoms with Gasteiger partial charge in [0.15, 0.2) is 0 Å². The molecule has 0 rings (SSSR count). The largest absolute Gasteiger partial charge is 0.478 e. The van der Waals surface area contributed by atoms with E-state index in [-0.39, 0.29) is 19.8 Å². The molecule has 0 atom stereocenters. The lowest BCUT2D eigenvalue weighted by Gasteiger charge is -2.27. The zero-order chi connectivity index (χ0) is 12.6. The van der Waals surface area contributed by atoms with Crippen LogP contribution < -0.4 is 0 Å². The second kappa shape index (κ2) is 6.97. The lowest BCUT2D eigenvalue weighted by molar-refractivity contribution is -0.144. The van der Waals surface area contributed by atoms with Crippen LogP contribution >= 0.6 is 0 Å². The molecule has 0 aromatic carbocycles. The molecule has 0 fully saturated rings. The summed E-state index contributed by atoms with van der Waals surface area (Å²) in [7, 11) is 0. The standard InChI is InChI=1S/C10H16O6/c1-2-10(5-11,6-12)7-16-9(15)4-3-8(13)14/h3-4,11-12H,2,5-7H2,1H3,(H,13,14)/b4-3+. The third-order valence-corrected chi connectivity index (χ3v) is 2.30. The Bertz CT molecular complexity index is 258. The zero-order valence-corrected chi connectivity index (χ0v) is 9.05. The highest BCUT2D eigenvalue weighted by molar-refractivity contribution is 5.90. The molecule has 0 amide bonds. The van der Waals surface area contributed by atoms with Gasteiger partial charge in [-0.05, 0) is 6.42 Å². The Morgan fingerprint density at radius 2 is 1.81 bits per heavy atom. The molecule has 0 aliphatic rings. The normalized spacial score (nSPS) is 11.7. The van der Waals surface area contributed by atoms with Crippen molar-refractivity contribution in [2.45, 2.75) is 13.3 Å². The summed E-state index contributed by atoms with van der Waals surface area (Å²) in [4.78, 5) is 21.1. The molecule has 0 heterocycles. The van der Waals surface area contributed by atoms with Gasteiger partial charge in [-0.3, -0.25) is 0 Å². The van der Waals surface area contributed by atoms with Crippen molar-refractivity contribution in [2.75, 3.05) is 19.8 Å². The van der Waals surface area contributed by atoms with Gasteiger partial charge >= 0.3 is 11.9 Å². The third-order valence-electron chi connectivity index (χ3n) is 2.30. The number of ether oxygens (including phenoxy) is 1. The zero-order valence-electron chi connectivity index (χ0n) is 9.05. The van der Waals surface area contributed by atoms with Crippen LogP contribution in [0.2, 0.25) is 0 Å². The number of hydrogen-bond acceptors (Lipinski definition) is 5. The molecule has 92 valence electrons. The minimum Gasteiger partial charge on any atom is -0.478 e. The minimum absolute atomic E-state index is 0.153. The first kappa shape index (κ1) is 14.6. The molecule has 0 saturated heterocycles. The van der Waals surface area contributed by atoms with Crippen LogP contribution in [0.5, 0.6) is 0 Å². The number of aliphatic hydroxyl groups excluding tert-OH is 2. The molecule has 0 saturated carbocycles. The van der Waals surface area contributed by atoms with E-state index in [1.165, 1.54) is 0 Å². The van der Waals surface area contributed by atoms with Gasteiger partial charge in [0.25, 0.3) is 0 Å². The Morgan fingerprint density at radius 1 is 1.25 bits per heavy atom. The van der Waals surface area contributed by atoms with Gasteiger partial charge in [-0.15, -0.1) is 0 Å². The first-order chi connectivity index (χ1) is 7.49. The number of carbonyl (C=O) groups is 2. The maximum atomic E-state index is 11.0. The van der Waals surface area contributed by atoms with Crippen LogP contribution in [0.25, 0.3) is 0 Å². The van der Waals surface area contributed by atoms with Gasteiger partial charge < -0.3 is 20.1 Å². The fourth-order valence-electron chi connectivity index (χ4n) is 0.879. The van der Waals surface area contributed by atoms with Crippen molar-refractivity contribution < 1.29 is 29.6 Å². The van der Waals surface area contributed by atoms with Gasteiger partial charge in [-0.2, -0.15) is 0 Å². The van der Waals surface area contributed by atoms with Crippen LogP contribution in [0.3, 0.4) is 0 Å². The average Bonchev–Trinajstić information content (AvgIpc) is 2.29. The predicted octanol–water partition coefficient (Wildman–Crippen LogP) is -0.449. The Morgan fingerprint density at radius 3 is 2.19 bits per heavy atom. The molecule has 6 nitrogen and oxygen atoms in total. The van der Waals surface area contributed by atoms with Gasteiger partial charge in [0.05, 0.1) is 18.6 Å². The molecule has 0 aliphatic carbocycles. The first-order valence-electron chi connectivity index (χ1n) is 4.79. The lowest BCUT2D eigenvalue weighted by Crippen LogP contribution is -2.35. The number of aliphatic carboxylic acids is 1. The summed E-state index contributed by atoms with van der Waals surface area (Å²) in [5, 5.41) is 26.3. The van der Waals surface area contributed by atoms with Gasteiger partial charge in [-0.1, -0.05) is 6.92 Å². The molecule has 6 heteroatoms. The molecule has 0 radical (unpaired) electrons. The summed E-state index contributed by atoms with van der Waals surface area (Å²) in [5.41, 5.74) is -0.868. The van der Waals surface area contributed by atoms with Crippen molar-refractivity contribution in [3.63, 3.8) is 0 Å². The molecule has 0 unspecified atom stereocenters. The number of carboxylic acids is 1. The SMILES string of the molecule is CCC(CO)(CO)COC(=O)/C=C/C(=O)O. The molecule has 0 aliphatic heterocycles. The highest BCUT2D eigenvalue weighted by atomic mass is 16.5. The Hall–Kier alpha value is -1.40. The van der Waals surface area contributed by atoms with Crippen molar-refractivity contribution in [3.05, 3.63) is 12.2 Å². The van der Waals surface area contributed by atoms with E-state index in [0.717, 1.165) is 6.08 Å². The fraction of sp³-hybridized carbons (Fsp3) is 0.600. The van der Waals surface area contributed by atoms with E-state index in [0.29, 0.717) is 12.5 Å². The number of esters is 1. The van der Waals surface area contributed by atoms with Crippen molar-refractivity contribution in [2.24, 2.45) is 5.41 Å². The quantitative estimate of drug-likeness (QED) is 0.406. The van der Waals surface area contributed by atoms with E-state index < -0.39 is 17.4 Å². The summed E-state index contributed by atoms with van der Waals surface area (Å²) in [5.74, 6) is -2.06. The van der Waals surface area contributed by atoms with Crippen molar-refractivity contribution in [1.29, 1.82) is 0 Å². The summed E-state index contributed by atoms with van der Waals surface area (Å²) < 4.78 is 4.72. The second-order valence-electron chi connectivity index (χ2n) is 3.45. The van der Waals surface area contributed by atoms with Crippen molar-refractivity contribution >= 4 is 11.9 Å². The van der Waals surface area contributed by atoms with E-state index in [1.54, 1.807) is 6.92 Å². The summed E-state index contributed by atoms with van der Waals surface area (Å²) >= 11 is 0. The molecule has 0 bridgehead atoms. The van der Waals surface area contributed by atoms with E-state index >= 15 is 0 Å². The van der Waals surface area contributed by atoms with Crippen LogP contribution in [0.4, 0.5) is 0 Å². The van der Waals surface area contributed by atoms with Crippen molar-refractivity contribution in [1.82, 2.24) is 0 Å². The molecular formula is C10H16O6. The van der Waals surface area contributed by atoms with Gasteiger partial charge in [0.2, 0.25) is 0 Å². The van der Waals surface area contributed by atoms with Crippen LogP contribution in [0.1, 0.15) is 13.3 Å². The molecule has 16 heavy (non-hydrogen) atoms. The topological polar surface area (TPSA) is 104 Å². The Kier molecular flexibility index (Phi) is 6.36. The number of rotatable bonds is 7. The van der Waals surface area contributed by atoms with Crippen LogP contribution in [0, 0.1) is 5.41 Å². The highest BCUT2D eigenvalue weighted by Gasteiger charge is 2.28. The Labute approximate surface area is 93.2 Å². The summed E-state index contributed by atoms with van der Waals surface area (Å²) in [6.07, 6.45) is 1.88. The second-order valence-corrected chi connectivity index (χ2v) is 3.45. The first-order valence-corrected chi connectivity index (χ1v) is 4.79. The van der Waals surface area contributed by atoms with Crippen LogP contribution in [-0.4, -0.2) is 47.1 Å². The highest BCUT2D eigenvalue weighted by Crippen LogP contribution is 2.20. The third kappa shape index (κ3) is 4.90. The molecule has 0 aromatic heterocycles.